The van der Waals surface area contributed by atoms with Gasteiger partial charge in [0.15, 0.2) is 11.7 Å². The van der Waals surface area contributed by atoms with Crippen molar-refractivity contribution in [2.45, 2.75) is 31.8 Å². The highest BCUT2D eigenvalue weighted by molar-refractivity contribution is 6.30. The van der Waals surface area contributed by atoms with Crippen LogP contribution in [0.2, 0.25) is 5.02 Å². The fraction of sp³-hybridized carbons (Fsp3) is 0.471. The van der Waals surface area contributed by atoms with Gasteiger partial charge in [-0.15, -0.1) is 0 Å². The Bertz CT molecular complexity index is 589. The summed E-state index contributed by atoms with van der Waals surface area (Å²) in [7, 11) is 0. The second kappa shape index (κ2) is 8.66. The summed E-state index contributed by atoms with van der Waals surface area (Å²) in [5.41, 5.74) is 0.944. The minimum Gasteiger partial charge on any atom is -0.376 e. The summed E-state index contributed by atoms with van der Waals surface area (Å²) in [5, 5.41) is 12.4. The lowest BCUT2D eigenvalue weighted by atomic mass is 9.98. The minimum atomic E-state index is -1.26. The Morgan fingerprint density at radius 2 is 2.13 bits per heavy atom. The quantitative estimate of drug-likeness (QED) is 0.776. The van der Waals surface area contributed by atoms with Crippen LogP contribution >= 0.6 is 11.6 Å². The van der Waals surface area contributed by atoms with Crippen molar-refractivity contribution in [3.63, 3.8) is 0 Å². The van der Waals surface area contributed by atoms with Crippen molar-refractivity contribution in [3.05, 3.63) is 34.9 Å². The summed E-state index contributed by atoms with van der Waals surface area (Å²) < 4.78 is 5.40. The number of ether oxygens (including phenoxy) is 1. The van der Waals surface area contributed by atoms with Crippen LogP contribution in [0.4, 0.5) is 0 Å². The van der Waals surface area contributed by atoms with Crippen molar-refractivity contribution in [3.8, 4) is 6.07 Å². The van der Waals surface area contributed by atoms with E-state index in [-0.39, 0.29) is 18.3 Å². The lowest BCUT2D eigenvalue weighted by Crippen LogP contribution is -2.38. The van der Waals surface area contributed by atoms with Crippen LogP contribution in [0.1, 0.15) is 24.8 Å². The van der Waals surface area contributed by atoms with Gasteiger partial charge in [0, 0.05) is 24.6 Å². The second-order valence-electron chi connectivity index (χ2n) is 5.54. The summed E-state index contributed by atoms with van der Waals surface area (Å²) in [6.45, 7) is 1.05. The molecule has 0 saturated carbocycles. The van der Waals surface area contributed by atoms with Gasteiger partial charge in [0.05, 0.1) is 12.2 Å². The highest BCUT2D eigenvalue weighted by Gasteiger charge is 2.27. The van der Waals surface area contributed by atoms with Crippen molar-refractivity contribution in [1.29, 1.82) is 5.26 Å². The number of amides is 1. The van der Waals surface area contributed by atoms with Crippen LogP contribution in [0.25, 0.3) is 0 Å². The largest absolute Gasteiger partial charge is 0.376 e. The molecule has 5 nitrogen and oxygen atoms in total. The van der Waals surface area contributed by atoms with E-state index in [2.05, 4.69) is 5.32 Å². The topological polar surface area (TPSA) is 79.2 Å². The first-order valence-electron chi connectivity index (χ1n) is 7.66. The Morgan fingerprint density at radius 1 is 1.39 bits per heavy atom. The molecule has 1 aromatic carbocycles. The van der Waals surface area contributed by atoms with Gasteiger partial charge in [-0.2, -0.15) is 5.26 Å². The van der Waals surface area contributed by atoms with Gasteiger partial charge in [-0.1, -0.05) is 23.7 Å². The molecule has 1 aliphatic rings. The molecule has 2 atom stereocenters. The molecule has 2 rings (SSSR count). The van der Waals surface area contributed by atoms with E-state index >= 15 is 0 Å². The van der Waals surface area contributed by atoms with E-state index in [1.54, 1.807) is 18.2 Å². The van der Waals surface area contributed by atoms with Gasteiger partial charge < -0.3 is 10.1 Å². The number of nitrogens with one attached hydrogen (secondary N) is 1. The summed E-state index contributed by atoms with van der Waals surface area (Å²) >= 11 is 5.80. The van der Waals surface area contributed by atoms with Gasteiger partial charge in [-0.05, 0) is 37.0 Å². The number of hydrogen-bond donors (Lipinski definition) is 1. The summed E-state index contributed by atoms with van der Waals surface area (Å²) in [4.78, 5) is 24.1. The van der Waals surface area contributed by atoms with E-state index in [4.69, 9.17) is 21.6 Å². The van der Waals surface area contributed by atoms with Gasteiger partial charge in [-0.25, -0.2) is 0 Å². The summed E-state index contributed by atoms with van der Waals surface area (Å²) in [5.74, 6) is -2.17. The van der Waals surface area contributed by atoms with Gasteiger partial charge in [-0.3, -0.25) is 9.59 Å². The zero-order valence-corrected chi connectivity index (χ0v) is 13.5. The number of halogens is 1. The van der Waals surface area contributed by atoms with Crippen LogP contribution in [0.5, 0.6) is 0 Å². The predicted octanol–water partition coefficient (Wildman–Crippen LogP) is 2.28. The van der Waals surface area contributed by atoms with E-state index in [0.717, 1.165) is 18.4 Å². The molecule has 1 amide bonds. The fourth-order valence-corrected chi connectivity index (χ4v) is 2.59. The van der Waals surface area contributed by atoms with Crippen LogP contribution in [-0.2, 0) is 20.7 Å². The molecular formula is C17H19ClN2O3. The highest BCUT2D eigenvalue weighted by atomic mass is 35.5. The molecule has 6 heteroatoms. The Balaban J connectivity index is 1.81. The molecule has 0 bridgehead atoms. The minimum absolute atomic E-state index is 0.0116. The number of hydrogen-bond acceptors (Lipinski definition) is 4. The first-order valence-corrected chi connectivity index (χ1v) is 8.04. The monoisotopic (exact) mass is 334 g/mol. The average molecular weight is 335 g/mol. The summed E-state index contributed by atoms with van der Waals surface area (Å²) in [6.07, 6.45) is 2.48. The number of carbonyl (C=O) groups is 2. The molecule has 1 saturated heterocycles. The van der Waals surface area contributed by atoms with E-state index < -0.39 is 11.8 Å². The third-order valence-electron chi connectivity index (χ3n) is 3.81. The Morgan fingerprint density at radius 3 is 2.74 bits per heavy atom. The van der Waals surface area contributed by atoms with Gasteiger partial charge in [0.2, 0.25) is 5.91 Å². The van der Waals surface area contributed by atoms with E-state index in [1.807, 2.05) is 12.1 Å². The zero-order chi connectivity index (χ0) is 16.7. The van der Waals surface area contributed by atoms with Crippen LogP contribution in [-0.4, -0.2) is 30.9 Å². The van der Waals surface area contributed by atoms with Crippen molar-refractivity contribution in [2.75, 3.05) is 13.2 Å². The average Bonchev–Trinajstić information content (AvgIpc) is 3.06. The molecule has 122 valence electrons. The van der Waals surface area contributed by atoms with Gasteiger partial charge in [0.25, 0.3) is 0 Å². The fourth-order valence-electron chi connectivity index (χ4n) is 2.46. The van der Waals surface area contributed by atoms with E-state index in [0.29, 0.717) is 24.6 Å². The first kappa shape index (κ1) is 17.5. The molecule has 1 heterocycles. The molecule has 23 heavy (non-hydrogen) atoms. The molecule has 1 aromatic rings. The maximum absolute atomic E-state index is 12.1. The normalized spacial score (nSPS) is 18.2. The number of rotatable bonds is 7. The highest BCUT2D eigenvalue weighted by Crippen LogP contribution is 2.13. The number of ketones is 1. The summed E-state index contributed by atoms with van der Waals surface area (Å²) in [6, 6.07) is 8.95. The molecule has 1 aliphatic heterocycles. The number of carbonyl (C=O) groups excluding carboxylic acids is 2. The van der Waals surface area contributed by atoms with Crippen molar-refractivity contribution < 1.29 is 14.3 Å². The third kappa shape index (κ3) is 5.34. The van der Waals surface area contributed by atoms with E-state index in [9.17, 15) is 9.59 Å². The molecule has 0 radical (unpaired) electrons. The molecule has 0 spiro atoms. The lowest BCUT2D eigenvalue weighted by Gasteiger charge is -2.13. The maximum Gasteiger partial charge on any atom is 0.245 e. The lowest BCUT2D eigenvalue weighted by molar-refractivity contribution is -0.132. The SMILES string of the molecule is N#C[C@H](C(=O)CCc1ccc(Cl)cc1)C(=O)NC[C@H]1CCCO1. The van der Waals surface area contributed by atoms with Gasteiger partial charge >= 0.3 is 0 Å². The van der Waals surface area contributed by atoms with Crippen LogP contribution in [0.3, 0.4) is 0 Å². The van der Waals surface area contributed by atoms with Gasteiger partial charge in [0.1, 0.15) is 0 Å². The van der Waals surface area contributed by atoms with Crippen LogP contribution in [0.15, 0.2) is 24.3 Å². The van der Waals surface area contributed by atoms with Crippen LogP contribution in [0, 0.1) is 17.2 Å². The first-order chi connectivity index (χ1) is 11.1. The molecule has 0 aliphatic carbocycles. The third-order valence-corrected chi connectivity index (χ3v) is 4.07. The van der Waals surface area contributed by atoms with Crippen molar-refractivity contribution in [1.82, 2.24) is 5.32 Å². The number of Topliss-reactive ketones (excluding diaryl/α,β-unsaturated/α-hetero) is 1. The Kier molecular flexibility index (Phi) is 6.57. The number of nitriles is 1. The molecule has 1 N–H and O–H groups in total. The van der Waals surface area contributed by atoms with Crippen LogP contribution < -0.4 is 5.32 Å². The number of benzene rings is 1. The van der Waals surface area contributed by atoms with Crippen molar-refractivity contribution >= 4 is 23.3 Å². The molecular weight excluding hydrogens is 316 g/mol. The standard InChI is InChI=1S/C17H19ClN2O3/c18-13-6-3-12(4-7-13)5-8-16(21)15(10-19)17(22)20-11-14-2-1-9-23-14/h3-4,6-7,14-15H,1-2,5,8-9,11H2,(H,20,22)/t14-,15-/m1/s1. The molecule has 1 fully saturated rings. The van der Waals surface area contributed by atoms with E-state index in [1.165, 1.54) is 0 Å². The smallest absolute Gasteiger partial charge is 0.245 e. The molecule has 0 unspecified atom stereocenters. The molecule has 0 aromatic heterocycles. The Hall–Kier alpha value is -1.90. The second-order valence-corrected chi connectivity index (χ2v) is 5.97. The number of nitrogens with zero attached hydrogens (tertiary/aromatic N) is 1. The zero-order valence-electron chi connectivity index (χ0n) is 12.8. The number of aryl methyl sites for hydroxylation is 1. The Labute approximate surface area is 140 Å². The predicted molar refractivity (Wildman–Crippen MR) is 85.9 cm³/mol. The van der Waals surface area contributed by atoms with Crippen molar-refractivity contribution in [2.24, 2.45) is 5.92 Å². The maximum atomic E-state index is 12.1.